The molecule has 2 nitrogen and oxygen atoms in total. The Morgan fingerprint density at radius 2 is 1.63 bits per heavy atom. The van der Waals surface area contributed by atoms with Crippen molar-refractivity contribution >= 4 is 28.2 Å². The van der Waals surface area contributed by atoms with Crippen LogP contribution in [0.2, 0.25) is 5.02 Å². The highest BCUT2D eigenvalue weighted by Gasteiger charge is 2.12. The van der Waals surface area contributed by atoms with Crippen LogP contribution in [0.1, 0.15) is 10.4 Å². The van der Waals surface area contributed by atoms with Gasteiger partial charge in [0.25, 0.3) is 0 Å². The van der Waals surface area contributed by atoms with Crippen molar-refractivity contribution in [3.8, 4) is 0 Å². The third-order valence-electron chi connectivity index (χ3n) is 2.50. The summed E-state index contributed by atoms with van der Waals surface area (Å²) in [5, 5.41) is 0.538. The number of carbonyl (C=O) groups excluding carboxylic acids is 1. The SMILES string of the molecule is O=C(CS(=O)c1ccc(F)cc1)c1ccc(Cl)cc1. The average Bonchev–Trinajstić information content (AvgIpc) is 2.40. The van der Waals surface area contributed by atoms with E-state index in [1.165, 1.54) is 24.3 Å². The van der Waals surface area contributed by atoms with Gasteiger partial charge in [0.1, 0.15) is 5.82 Å². The van der Waals surface area contributed by atoms with Crippen LogP contribution >= 0.6 is 11.6 Å². The number of hydrogen-bond acceptors (Lipinski definition) is 2. The molecule has 2 aromatic carbocycles. The summed E-state index contributed by atoms with van der Waals surface area (Å²) < 4.78 is 24.7. The molecule has 1 atom stereocenters. The molecular formula is C14H10ClFO2S. The molecule has 0 amide bonds. The zero-order chi connectivity index (χ0) is 13.8. The normalized spacial score (nSPS) is 12.1. The van der Waals surface area contributed by atoms with Crippen LogP contribution in [0.15, 0.2) is 53.4 Å². The summed E-state index contributed by atoms with van der Waals surface area (Å²) >= 11 is 5.73. The number of halogens is 2. The van der Waals surface area contributed by atoms with Gasteiger partial charge in [0.2, 0.25) is 0 Å². The van der Waals surface area contributed by atoms with E-state index in [1.54, 1.807) is 24.3 Å². The summed E-state index contributed by atoms with van der Waals surface area (Å²) in [5.74, 6) is -0.767. The Bertz CT molecular complexity index is 553. The summed E-state index contributed by atoms with van der Waals surface area (Å²) in [6.07, 6.45) is 0. The predicted octanol–water partition coefficient (Wildman–Crippen LogP) is 3.47. The number of ketones is 1. The minimum Gasteiger partial charge on any atom is -0.293 e. The Labute approximate surface area is 117 Å². The molecule has 0 saturated heterocycles. The largest absolute Gasteiger partial charge is 0.293 e. The topological polar surface area (TPSA) is 34.1 Å². The standard InChI is InChI=1S/C14H10ClFO2S/c15-11-3-1-10(2-4-11)14(17)9-19(18)13-7-5-12(16)6-8-13/h1-8H,9H2. The lowest BCUT2D eigenvalue weighted by molar-refractivity contribution is 0.102. The molecule has 0 aliphatic rings. The first-order chi connectivity index (χ1) is 9.06. The van der Waals surface area contributed by atoms with Crippen LogP contribution in [0.25, 0.3) is 0 Å². The van der Waals surface area contributed by atoms with Gasteiger partial charge < -0.3 is 0 Å². The highest BCUT2D eigenvalue weighted by Crippen LogP contribution is 2.13. The van der Waals surface area contributed by atoms with Crippen LogP contribution in [0.4, 0.5) is 4.39 Å². The van der Waals surface area contributed by atoms with E-state index in [9.17, 15) is 13.4 Å². The molecule has 0 bridgehead atoms. The van der Waals surface area contributed by atoms with E-state index < -0.39 is 16.6 Å². The molecule has 5 heteroatoms. The van der Waals surface area contributed by atoms with Gasteiger partial charge in [0.05, 0.1) is 16.6 Å². The van der Waals surface area contributed by atoms with Gasteiger partial charge in [-0.2, -0.15) is 0 Å². The quantitative estimate of drug-likeness (QED) is 0.810. The lowest BCUT2D eigenvalue weighted by Crippen LogP contribution is -2.11. The highest BCUT2D eigenvalue weighted by molar-refractivity contribution is 7.85. The Balaban J connectivity index is 2.08. The molecule has 0 N–H and O–H groups in total. The lowest BCUT2D eigenvalue weighted by Gasteiger charge is -2.02. The molecule has 0 saturated carbocycles. The van der Waals surface area contributed by atoms with E-state index >= 15 is 0 Å². The number of hydrogen-bond donors (Lipinski definition) is 0. The molecule has 0 fully saturated rings. The molecule has 0 radical (unpaired) electrons. The maximum atomic E-state index is 12.7. The van der Waals surface area contributed by atoms with E-state index in [0.29, 0.717) is 15.5 Å². The van der Waals surface area contributed by atoms with Crippen LogP contribution in [-0.2, 0) is 10.8 Å². The van der Waals surface area contributed by atoms with Crippen LogP contribution in [0.5, 0.6) is 0 Å². The molecule has 0 spiro atoms. The van der Waals surface area contributed by atoms with Crippen molar-refractivity contribution in [2.24, 2.45) is 0 Å². The van der Waals surface area contributed by atoms with Gasteiger partial charge in [0, 0.05) is 15.5 Å². The van der Waals surface area contributed by atoms with Gasteiger partial charge in [-0.15, -0.1) is 0 Å². The number of Topliss-reactive ketones (excluding diaryl/α,β-unsaturated/α-hetero) is 1. The van der Waals surface area contributed by atoms with Gasteiger partial charge in [-0.05, 0) is 48.5 Å². The summed E-state index contributed by atoms with van der Waals surface area (Å²) in [6.45, 7) is 0. The molecule has 2 rings (SSSR count). The Kier molecular flexibility index (Phi) is 4.45. The van der Waals surface area contributed by atoms with Gasteiger partial charge in [-0.1, -0.05) is 11.6 Å². The molecule has 98 valence electrons. The fourth-order valence-corrected chi connectivity index (χ4v) is 2.64. The first-order valence-electron chi connectivity index (χ1n) is 5.49. The van der Waals surface area contributed by atoms with Gasteiger partial charge in [0.15, 0.2) is 5.78 Å². The van der Waals surface area contributed by atoms with E-state index in [1.807, 2.05) is 0 Å². The molecule has 2 aromatic rings. The van der Waals surface area contributed by atoms with Crippen molar-refractivity contribution in [1.82, 2.24) is 0 Å². The monoisotopic (exact) mass is 296 g/mol. The Hall–Kier alpha value is -1.52. The predicted molar refractivity (Wildman–Crippen MR) is 73.5 cm³/mol. The molecule has 0 aliphatic heterocycles. The van der Waals surface area contributed by atoms with Crippen molar-refractivity contribution in [3.63, 3.8) is 0 Å². The summed E-state index contributed by atoms with van der Waals surface area (Å²) in [4.78, 5) is 12.3. The second-order valence-corrected chi connectivity index (χ2v) is 5.76. The Morgan fingerprint density at radius 1 is 1.05 bits per heavy atom. The average molecular weight is 297 g/mol. The van der Waals surface area contributed by atoms with Crippen molar-refractivity contribution in [2.45, 2.75) is 4.90 Å². The summed E-state index contributed by atoms with van der Waals surface area (Å²) in [7, 11) is -1.48. The zero-order valence-corrected chi connectivity index (χ0v) is 11.4. The lowest BCUT2D eigenvalue weighted by atomic mass is 10.1. The second kappa shape index (κ2) is 6.08. The molecule has 1 unspecified atom stereocenters. The maximum Gasteiger partial charge on any atom is 0.175 e. The first kappa shape index (κ1) is 13.9. The third-order valence-corrected chi connectivity index (χ3v) is 4.08. The van der Waals surface area contributed by atoms with E-state index in [4.69, 9.17) is 11.6 Å². The molecular weight excluding hydrogens is 287 g/mol. The van der Waals surface area contributed by atoms with E-state index in [0.717, 1.165) is 0 Å². The third kappa shape index (κ3) is 3.72. The van der Waals surface area contributed by atoms with Gasteiger partial charge in [-0.25, -0.2) is 4.39 Å². The van der Waals surface area contributed by atoms with Crippen LogP contribution in [0, 0.1) is 5.82 Å². The number of carbonyl (C=O) groups is 1. The number of benzene rings is 2. The minimum atomic E-state index is -1.48. The Morgan fingerprint density at radius 3 is 2.21 bits per heavy atom. The van der Waals surface area contributed by atoms with Crippen LogP contribution in [0.3, 0.4) is 0 Å². The van der Waals surface area contributed by atoms with Crippen molar-refractivity contribution in [1.29, 1.82) is 0 Å². The minimum absolute atomic E-state index is 0.132. The number of rotatable bonds is 4. The fraction of sp³-hybridized carbons (Fsp3) is 0.0714. The molecule has 19 heavy (non-hydrogen) atoms. The fourth-order valence-electron chi connectivity index (χ4n) is 1.51. The van der Waals surface area contributed by atoms with E-state index in [2.05, 4.69) is 0 Å². The van der Waals surface area contributed by atoms with Gasteiger partial charge >= 0.3 is 0 Å². The van der Waals surface area contributed by atoms with Crippen molar-refractivity contribution in [3.05, 3.63) is 64.9 Å². The van der Waals surface area contributed by atoms with Crippen LogP contribution < -0.4 is 0 Å². The summed E-state index contributed by atoms with van der Waals surface area (Å²) in [5.41, 5.74) is 0.458. The second-order valence-electron chi connectivity index (χ2n) is 3.87. The highest BCUT2D eigenvalue weighted by atomic mass is 35.5. The summed E-state index contributed by atoms with van der Waals surface area (Å²) in [6, 6.07) is 11.7. The molecule has 0 heterocycles. The smallest absolute Gasteiger partial charge is 0.175 e. The zero-order valence-electron chi connectivity index (χ0n) is 9.81. The molecule has 0 aromatic heterocycles. The van der Waals surface area contributed by atoms with Crippen LogP contribution in [-0.4, -0.2) is 15.7 Å². The molecule has 0 aliphatic carbocycles. The first-order valence-corrected chi connectivity index (χ1v) is 7.18. The van der Waals surface area contributed by atoms with E-state index in [-0.39, 0.29) is 11.5 Å². The maximum absolute atomic E-state index is 12.7. The van der Waals surface area contributed by atoms with Crippen molar-refractivity contribution in [2.75, 3.05) is 5.75 Å². The van der Waals surface area contributed by atoms with Crippen molar-refractivity contribution < 1.29 is 13.4 Å². The van der Waals surface area contributed by atoms with Gasteiger partial charge in [-0.3, -0.25) is 9.00 Å².